The van der Waals surface area contributed by atoms with Crippen molar-refractivity contribution in [2.45, 2.75) is 19.4 Å². The highest BCUT2D eigenvalue weighted by Gasteiger charge is 2.30. The molecule has 2 aromatic rings. The van der Waals surface area contributed by atoms with E-state index in [0.717, 1.165) is 18.2 Å². The number of carbonyl (C=O) groups is 2. The third kappa shape index (κ3) is 4.35. The van der Waals surface area contributed by atoms with E-state index in [4.69, 9.17) is 9.84 Å². The van der Waals surface area contributed by atoms with E-state index >= 15 is 0 Å². The monoisotopic (exact) mass is 415 g/mol. The summed E-state index contributed by atoms with van der Waals surface area (Å²) in [6, 6.07) is 7.39. The first kappa shape index (κ1) is 20.7. The van der Waals surface area contributed by atoms with Gasteiger partial charge in [-0.3, -0.25) is 25.0 Å². The van der Waals surface area contributed by atoms with Gasteiger partial charge in [-0.25, -0.2) is 4.79 Å². The van der Waals surface area contributed by atoms with Crippen molar-refractivity contribution in [1.82, 2.24) is 4.90 Å². The minimum Gasteiger partial charge on any atom is -0.489 e. The zero-order valence-electron chi connectivity index (χ0n) is 15.8. The Morgan fingerprint density at radius 3 is 2.27 bits per heavy atom. The standard InChI is InChI=1S/C19H17N3O8/c1-11-6-15(2-3-17(11)19(24)25)30-16-4-5-20(10-16)18(23)12-7-13(21(26)27)9-14(8-12)22(28)29/h2-3,6-9,16H,4-5,10H2,1H3,(H,24,25). The Balaban J connectivity index is 1.73. The first-order chi connectivity index (χ1) is 14.2. The van der Waals surface area contributed by atoms with Crippen LogP contribution in [0.1, 0.15) is 32.7 Å². The molecule has 2 aromatic carbocycles. The lowest BCUT2D eigenvalue weighted by Gasteiger charge is -2.17. The number of carbonyl (C=O) groups excluding carboxylic acids is 1. The predicted molar refractivity (Wildman–Crippen MR) is 103 cm³/mol. The molecule has 0 radical (unpaired) electrons. The number of likely N-dealkylation sites (tertiary alicyclic amines) is 1. The van der Waals surface area contributed by atoms with E-state index < -0.39 is 33.1 Å². The van der Waals surface area contributed by atoms with Gasteiger partial charge < -0.3 is 14.7 Å². The molecule has 11 nitrogen and oxygen atoms in total. The van der Waals surface area contributed by atoms with Crippen LogP contribution in [0.2, 0.25) is 0 Å². The number of rotatable bonds is 6. The van der Waals surface area contributed by atoms with Crippen molar-refractivity contribution in [2.24, 2.45) is 0 Å². The summed E-state index contributed by atoms with van der Waals surface area (Å²) in [7, 11) is 0. The Kier molecular flexibility index (Phi) is 5.63. The van der Waals surface area contributed by atoms with E-state index in [2.05, 4.69) is 0 Å². The van der Waals surface area contributed by atoms with Gasteiger partial charge in [0.1, 0.15) is 11.9 Å². The van der Waals surface area contributed by atoms with Gasteiger partial charge in [-0.1, -0.05) is 0 Å². The number of amides is 1. The number of nitro groups is 2. The lowest BCUT2D eigenvalue weighted by atomic mass is 10.1. The summed E-state index contributed by atoms with van der Waals surface area (Å²) in [5.74, 6) is -1.14. The second-order valence-electron chi connectivity index (χ2n) is 6.81. The van der Waals surface area contributed by atoms with Gasteiger partial charge in [0.05, 0.1) is 33.6 Å². The smallest absolute Gasteiger partial charge is 0.335 e. The van der Waals surface area contributed by atoms with Gasteiger partial charge in [-0.05, 0) is 30.7 Å². The number of ether oxygens (including phenoxy) is 1. The van der Waals surface area contributed by atoms with Crippen molar-refractivity contribution in [2.75, 3.05) is 13.1 Å². The molecule has 1 aliphatic rings. The molecular formula is C19H17N3O8. The van der Waals surface area contributed by atoms with Crippen molar-refractivity contribution < 1.29 is 29.3 Å². The van der Waals surface area contributed by atoms with Crippen LogP contribution < -0.4 is 4.74 Å². The van der Waals surface area contributed by atoms with Gasteiger partial charge in [0, 0.05) is 25.1 Å². The fourth-order valence-electron chi connectivity index (χ4n) is 3.26. The SMILES string of the molecule is Cc1cc(OC2CCN(C(=O)c3cc([N+](=O)[O-])cc([N+](=O)[O-])c3)C2)ccc1C(=O)O. The molecule has 11 heteroatoms. The van der Waals surface area contributed by atoms with Crippen LogP contribution in [0.5, 0.6) is 5.75 Å². The molecule has 1 N–H and O–H groups in total. The van der Waals surface area contributed by atoms with Crippen LogP contribution >= 0.6 is 0 Å². The van der Waals surface area contributed by atoms with Gasteiger partial charge in [0.25, 0.3) is 17.3 Å². The number of non-ortho nitro benzene ring substituents is 2. The molecule has 0 aromatic heterocycles. The fourth-order valence-corrected chi connectivity index (χ4v) is 3.26. The highest BCUT2D eigenvalue weighted by atomic mass is 16.6. The number of hydrogen-bond donors (Lipinski definition) is 1. The van der Waals surface area contributed by atoms with Gasteiger partial charge in [-0.15, -0.1) is 0 Å². The maximum Gasteiger partial charge on any atom is 0.335 e. The van der Waals surface area contributed by atoms with E-state index in [1.807, 2.05) is 0 Å². The Morgan fingerprint density at radius 2 is 1.73 bits per heavy atom. The van der Waals surface area contributed by atoms with Crippen LogP contribution in [-0.2, 0) is 0 Å². The van der Waals surface area contributed by atoms with Crippen molar-refractivity contribution in [3.63, 3.8) is 0 Å². The molecule has 30 heavy (non-hydrogen) atoms. The van der Waals surface area contributed by atoms with Crippen LogP contribution in [0, 0.1) is 27.2 Å². The largest absolute Gasteiger partial charge is 0.489 e. The number of nitro benzene ring substituents is 2. The third-order valence-electron chi connectivity index (χ3n) is 4.73. The molecule has 0 aliphatic carbocycles. The summed E-state index contributed by atoms with van der Waals surface area (Å²) < 4.78 is 5.83. The average Bonchev–Trinajstić information content (AvgIpc) is 3.15. The second kappa shape index (κ2) is 8.15. The molecule has 1 amide bonds. The van der Waals surface area contributed by atoms with Crippen molar-refractivity contribution in [3.05, 3.63) is 73.3 Å². The molecule has 3 rings (SSSR count). The molecule has 156 valence electrons. The van der Waals surface area contributed by atoms with Gasteiger partial charge in [0.15, 0.2) is 0 Å². The van der Waals surface area contributed by atoms with E-state index in [1.165, 1.54) is 17.0 Å². The fraction of sp³-hybridized carbons (Fsp3) is 0.263. The molecule has 0 bridgehead atoms. The maximum absolute atomic E-state index is 12.7. The van der Waals surface area contributed by atoms with E-state index in [9.17, 15) is 29.8 Å². The number of carboxylic acid groups (broad SMARTS) is 1. The summed E-state index contributed by atoms with van der Waals surface area (Å²) in [6.45, 7) is 2.15. The first-order valence-corrected chi connectivity index (χ1v) is 8.89. The van der Waals surface area contributed by atoms with E-state index in [1.54, 1.807) is 13.0 Å². The zero-order chi connectivity index (χ0) is 22.0. The van der Waals surface area contributed by atoms with Crippen LogP contribution in [0.3, 0.4) is 0 Å². The summed E-state index contributed by atoms with van der Waals surface area (Å²) in [4.78, 5) is 45.7. The number of nitrogens with zero attached hydrogens (tertiary/aromatic N) is 3. The number of benzene rings is 2. The van der Waals surface area contributed by atoms with Crippen LogP contribution in [0.4, 0.5) is 11.4 Å². The van der Waals surface area contributed by atoms with Crippen molar-refractivity contribution in [1.29, 1.82) is 0 Å². The second-order valence-corrected chi connectivity index (χ2v) is 6.81. The van der Waals surface area contributed by atoms with E-state index in [-0.39, 0.29) is 23.8 Å². The lowest BCUT2D eigenvalue weighted by Crippen LogP contribution is -2.31. The highest BCUT2D eigenvalue weighted by molar-refractivity contribution is 5.95. The first-order valence-electron chi connectivity index (χ1n) is 8.89. The Hall–Kier alpha value is -4.02. The molecule has 1 saturated heterocycles. The van der Waals surface area contributed by atoms with Crippen molar-refractivity contribution >= 4 is 23.3 Å². The molecule has 1 atom stereocenters. The van der Waals surface area contributed by atoms with Gasteiger partial charge in [-0.2, -0.15) is 0 Å². The van der Waals surface area contributed by atoms with Crippen molar-refractivity contribution in [3.8, 4) is 5.75 Å². The highest BCUT2D eigenvalue weighted by Crippen LogP contribution is 2.26. The Labute approximate surface area is 169 Å². The maximum atomic E-state index is 12.7. The zero-order valence-corrected chi connectivity index (χ0v) is 15.8. The summed E-state index contributed by atoms with van der Waals surface area (Å²) >= 11 is 0. The lowest BCUT2D eigenvalue weighted by molar-refractivity contribution is -0.394. The summed E-state index contributed by atoms with van der Waals surface area (Å²) in [5.41, 5.74) is -0.507. The Morgan fingerprint density at radius 1 is 1.10 bits per heavy atom. The van der Waals surface area contributed by atoms with Crippen LogP contribution in [0.15, 0.2) is 36.4 Å². The third-order valence-corrected chi connectivity index (χ3v) is 4.73. The topological polar surface area (TPSA) is 153 Å². The van der Waals surface area contributed by atoms with Gasteiger partial charge >= 0.3 is 5.97 Å². The number of aryl methyl sites for hydroxylation is 1. The minimum atomic E-state index is -1.04. The van der Waals surface area contributed by atoms with E-state index in [0.29, 0.717) is 24.3 Å². The van der Waals surface area contributed by atoms with Crippen LogP contribution in [-0.4, -0.2) is 50.9 Å². The summed E-state index contributed by atoms with van der Waals surface area (Å²) in [5, 5.41) is 31.1. The number of hydrogen-bond acceptors (Lipinski definition) is 7. The van der Waals surface area contributed by atoms with Gasteiger partial charge in [0.2, 0.25) is 0 Å². The quantitative estimate of drug-likeness (QED) is 0.558. The molecule has 1 fully saturated rings. The average molecular weight is 415 g/mol. The molecule has 1 aliphatic heterocycles. The minimum absolute atomic E-state index is 0.141. The summed E-state index contributed by atoms with van der Waals surface area (Å²) in [6.07, 6.45) is 0.125. The molecule has 1 unspecified atom stereocenters. The Bertz CT molecular complexity index is 1020. The molecule has 0 saturated carbocycles. The predicted octanol–water partition coefficient (Wildman–Crippen LogP) is 2.80. The number of aromatic carboxylic acids is 1. The molecular weight excluding hydrogens is 398 g/mol. The number of carboxylic acids is 1. The van der Waals surface area contributed by atoms with Crippen LogP contribution in [0.25, 0.3) is 0 Å². The molecule has 0 spiro atoms. The normalized spacial score (nSPS) is 15.6. The molecule has 1 heterocycles.